The highest BCUT2D eigenvalue weighted by atomic mass is 35.5. The number of hydrazone groups is 1. The maximum Gasteiger partial charge on any atom is 0.243 e. The Labute approximate surface area is 162 Å². The average Bonchev–Trinajstić information content (AvgIpc) is 3.49. The van der Waals surface area contributed by atoms with Gasteiger partial charge in [0.15, 0.2) is 0 Å². The lowest BCUT2D eigenvalue weighted by atomic mass is 10.1. The van der Waals surface area contributed by atoms with Crippen LogP contribution >= 0.6 is 11.6 Å². The fraction of sp³-hybridized carbons (Fsp3) is 0.190. The Bertz CT molecular complexity index is 1020. The van der Waals surface area contributed by atoms with Gasteiger partial charge < -0.3 is 4.74 Å². The number of carbonyl (C=O) groups is 1. The number of rotatable bonds is 5. The molecule has 5 nitrogen and oxygen atoms in total. The number of nitrogens with zero attached hydrogens (tertiary/aromatic N) is 2. The normalized spacial score (nSPS) is 18.6. The van der Waals surface area contributed by atoms with E-state index in [1.54, 1.807) is 7.11 Å². The monoisotopic (exact) mass is 379 g/mol. The number of benzene rings is 2. The second-order valence-electron chi connectivity index (χ2n) is 6.52. The van der Waals surface area contributed by atoms with Crippen molar-refractivity contribution in [2.75, 3.05) is 7.11 Å². The van der Waals surface area contributed by atoms with E-state index in [1.807, 2.05) is 42.5 Å². The Morgan fingerprint density at radius 3 is 2.85 bits per heavy atom. The zero-order valence-electron chi connectivity index (χ0n) is 14.7. The SMILES string of the molecule is COc1ccc2nc(Cl)c(C=NNC(=O)C3CC3c3ccccc3)cc2c1. The molecule has 1 aliphatic carbocycles. The molecule has 0 radical (unpaired) electrons. The van der Waals surface area contributed by atoms with Crippen LogP contribution in [0.3, 0.4) is 0 Å². The summed E-state index contributed by atoms with van der Waals surface area (Å²) in [7, 11) is 1.61. The predicted octanol–water partition coefficient (Wildman–Crippen LogP) is 4.15. The highest BCUT2D eigenvalue weighted by molar-refractivity contribution is 6.32. The smallest absolute Gasteiger partial charge is 0.243 e. The van der Waals surface area contributed by atoms with Crippen LogP contribution < -0.4 is 10.2 Å². The Balaban J connectivity index is 1.44. The summed E-state index contributed by atoms with van der Waals surface area (Å²) in [6, 6.07) is 17.5. The van der Waals surface area contributed by atoms with Crippen LogP contribution in [0.1, 0.15) is 23.5 Å². The van der Waals surface area contributed by atoms with Crippen LogP contribution in [0.4, 0.5) is 0 Å². The van der Waals surface area contributed by atoms with Gasteiger partial charge in [0.25, 0.3) is 0 Å². The number of amides is 1. The van der Waals surface area contributed by atoms with Crippen LogP contribution in [-0.2, 0) is 4.79 Å². The summed E-state index contributed by atoms with van der Waals surface area (Å²) in [5.74, 6) is 0.911. The van der Waals surface area contributed by atoms with Crippen molar-refractivity contribution in [1.29, 1.82) is 0 Å². The molecule has 2 aromatic carbocycles. The molecule has 1 amide bonds. The van der Waals surface area contributed by atoms with Crippen molar-refractivity contribution in [3.63, 3.8) is 0 Å². The van der Waals surface area contributed by atoms with Gasteiger partial charge in [0.05, 0.1) is 18.8 Å². The maximum atomic E-state index is 12.3. The van der Waals surface area contributed by atoms with Crippen LogP contribution in [0, 0.1) is 5.92 Å². The summed E-state index contributed by atoms with van der Waals surface area (Å²) in [5.41, 5.74) is 5.20. The van der Waals surface area contributed by atoms with Gasteiger partial charge in [0.1, 0.15) is 10.9 Å². The minimum absolute atomic E-state index is 0.0287. The van der Waals surface area contributed by atoms with Gasteiger partial charge in [-0.1, -0.05) is 41.9 Å². The number of fused-ring (bicyclic) bond motifs is 1. The number of pyridine rings is 1. The lowest BCUT2D eigenvalue weighted by molar-refractivity contribution is -0.122. The Hall–Kier alpha value is -2.92. The van der Waals surface area contributed by atoms with E-state index in [0.29, 0.717) is 10.7 Å². The Morgan fingerprint density at radius 1 is 1.26 bits per heavy atom. The molecule has 1 aliphatic rings. The third kappa shape index (κ3) is 3.78. The molecule has 0 bridgehead atoms. The largest absolute Gasteiger partial charge is 0.497 e. The van der Waals surface area contributed by atoms with Gasteiger partial charge in [-0.05, 0) is 42.2 Å². The van der Waals surface area contributed by atoms with Crippen molar-refractivity contribution >= 4 is 34.6 Å². The fourth-order valence-corrected chi connectivity index (χ4v) is 3.36. The van der Waals surface area contributed by atoms with Crippen LogP contribution in [-0.4, -0.2) is 24.2 Å². The van der Waals surface area contributed by atoms with Gasteiger partial charge in [-0.15, -0.1) is 0 Å². The molecule has 1 fully saturated rings. The van der Waals surface area contributed by atoms with Crippen LogP contribution in [0.2, 0.25) is 5.15 Å². The number of aromatic nitrogens is 1. The highest BCUT2D eigenvalue weighted by Gasteiger charge is 2.43. The number of hydrogen-bond acceptors (Lipinski definition) is 4. The van der Waals surface area contributed by atoms with Crippen LogP contribution in [0.25, 0.3) is 10.9 Å². The molecular formula is C21H18ClN3O2. The van der Waals surface area contributed by atoms with Gasteiger partial charge in [-0.25, -0.2) is 10.4 Å². The Kier molecular flexibility index (Phi) is 4.77. The first-order valence-corrected chi connectivity index (χ1v) is 9.05. The van der Waals surface area contributed by atoms with Gasteiger partial charge >= 0.3 is 0 Å². The molecule has 27 heavy (non-hydrogen) atoms. The summed E-state index contributed by atoms with van der Waals surface area (Å²) < 4.78 is 5.23. The molecule has 1 N–H and O–H groups in total. The molecule has 1 heterocycles. The quantitative estimate of drug-likeness (QED) is 0.411. The molecule has 0 spiro atoms. The van der Waals surface area contributed by atoms with E-state index in [0.717, 1.165) is 23.1 Å². The fourth-order valence-electron chi connectivity index (χ4n) is 3.17. The summed E-state index contributed by atoms with van der Waals surface area (Å²) >= 11 is 6.22. The number of nitrogens with one attached hydrogen (secondary N) is 1. The minimum atomic E-state index is -0.0772. The topological polar surface area (TPSA) is 63.6 Å². The van der Waals surface area contributed by atoms with E-state index < -0.39 is 0 Å². The third-order valence-electron chi connectivity index (χ3n) is 4.74. The van der Waals surface area contributed by atoms with Crippen LogP contribution in [0.15, 0.2) is 59.7 Å². The van der Waals surface area contributed by atoms with Crippen LogP contribution in [0.5, 0.6) is 5.75 Å². The number of hydrogen-bond donors (Lipinski definition) is 1. The molecule has 3 aromatic rings. The molecule has 1 saturated carbocycles. The van der Waals surface area contributed by atoms with Crippen molar-refractivity contribution in [3.8, 4) is 5.75 Å². The van der Waals surface area contributed by atoms with E-state index in [4.69, 9.17) is 16.3 Å². The second kappa shape index (κ2) is 7.37. The molecule has 1 aromatic heterocycles. The maximum absolute atomic E-state index is 12.3. The molecule has 0 saturated heterocycles. The van der Waals surface area contributed by atoms with Crippen molar-refractivity contribution in [1.82, 2.24) is 10.4 Å². The number of ether oxygens (including phenoxy) is 1. The van der Waals surface area contributed by atoms with Crippen molar-refractivity contribution in [2.24, 2.45) is 11.0 Å². The number of methoxy groups -OCH3 is 1. The van der Waals surface area contributed by atoms with Gasteiger partial charge in [0.2, 0.25) is 5.91 Å². The summed E-state index contributed by atoms with van der Waals surface area (Å²) in [5, 5.41) is 5.28. The Morgan fingerprint density at radius 2 is 2.07 bits per heavy atom. The number of halogens is 1. The predicted molar refractivity (Wildman–Crippen MR) is 106 cm³/mol. The summed E-state index contributed by atoms with van der Waals surface area (Å²) in [6.45, 7) is 0. The average molecular weight is 380 g/mol. The first-order chi connectivity index (χ1) is 13.2. The van der Waals surface area contributed by atoms with E-state index in [-0.39, 0.29) is 17.7 Å². The zero-order valence-corrected chi connectivity index (χ0v) is 15.5. The molecule has 2 unspecified atom stereocenters. The standard InChI is InChI=1S/C21H18ClN3O2/c1-27-16-7-8-19-14(10-16)9-15(20(22)24-19)12-23-25-21(26)18-11-17(18)13-5-3-2-4-6-13/h2-10,12,17-18H,11H2,1H3,(H,25,26). The highest BCUT2D eigenvalue weighted by Crippen LogP contribution is 2.47. The van der Waals surface area contributed by atoms with Crippen molar-refractivity contribution < 1.29 is 9.53 Å². The van der Waals surface area contributed by atoms with E-state index in [1.165, 1.54) is 11.8 Å². The zero-order chi connectivity index (χ0) is 18.8. The third-order valence-corrected chi connectivity index (χ3v) is 5.04. The summed E-state index contributed by atoms with van der Waals surface area (Å²) in [4.78, 5) is 16.6. The molecular weight excluding hydrogens is 362 g/mol. The molecule has 4 rings (SSSR count). The van der Waals surface area contributed by atoms with E-state index in [9.17, 15) is 4.79 Å². The van der Waals surface area contributed by atoms with Crippen molar-refractivity contribution in [3.05, 3.63) is 70.9 Å². The van der Waals surface area contributed by atoms with Gasteiger partial charge in [0, 0.05) is 16.9 Å². The van der Waals surface area contributed by atoms with E-state index in [2.05, 4.69) is 27.6 Å². The molecule has 136 valence electrons. The molecule has 0 aliphatic heterocycles. The first-order valence-electron chi connectivity index (χ1n) is 8.68. The molecule has 6 heteroatoms. The van der Waals surface area contributed by atoms with E-state index >= 15 is 0 Å². The van der Waals surface area contributed by atoms with Crippen molar-refractivity contribution in [2.45, 2.75) is 12.3 Å². The number of carbonyl (C=O) groups excluding carboxylic acids is 1. The lowest BCUT2D eigenvalue weighted by Gasteiger charge is -2.05. The summed E-state index contributed by atoms with van der Waals surface area (Å²) in [6.07, 6.45) is 2.37. The lowest BCUT2D eigenvalue weighted by Crippen LogP contribution is -2.20. The second-order valence-corrected chi connectivity index (χ2v) is 6.88. The first kappa shape index (κ1) is 17.5. The minimum Gasteiger partial charge on any atom is -0.497 e. The van der Waals surface area contributed by atoms with Gasteiger partial charge in [-0.2, -0.15) is 5.10 Å². The van der Waals surface area contributed by atoms with Gasteiger partial charge in [-0.3, -0.25) is 4.79 Å². The molecule has 2 atom stereocenters.